The van der Waals surface area contributed by atoms with Crippen LogP contribution in [0.2, 0.25) is 0 Å². The normalized spacial score (nSPS) is 11.3. The van der Waals surface area contributed by atoms with E-state index in [0.29, 0.717) is 5.56 Å². The molecular formula is C40H55N3O4. The number of nitrogens with zero attached hydrogens (tertiary/aromatic N) is 3. The molecule has 3 aromatic rings. The molecule has 0 aliphatic carbocycles. The topological polar surface area (TPSA) is 89.5 Å². The first-order valence-corrected chi connectivity index (χ1v) is 18.0. The van der Waals surface area contributed by atoms with Crippen molar-refractivity contribution in [1.82, 2.24) is 0 Å². The molecule has 0 fully saturated rings. The predicted molar refractivity (Wildman–Crippen MR) is 198 cm³/mol. The van der Waals surface area contributed by atoms with E-state index in [1.165, 1.54) is 127 Å². The molecule has 0 spiro atoms. The van der Waals surface area contributed by atoms with Crippen molar-refractivity contribution in [3.05, 3.63) is 98.1 Å². The van der Waals surface area contributed by atoms with Gasteiger partial charge in [0.25, 0.3) is 0 Å². The molecule has 47 heavy (non-hydrogen) atoms. The van der Waals surface area contributed by atoms with Crippen molar-refractivity contribution in [3.8, 4) is 11.1 Å². The average molecular weight is 642 g/mol. The Morgan fingerprint density at radius 2 is 0.915 bits per heavy atom. The molecule has 7 heteroatoms. The summed E-state index contributed by atoms with van der Waals surface area (Å²) < 4.78 is 0. The summed E-state index contributed by atoms with van der Waals surface area (Å²) in [4.78, 5) is 23.5. The zero-order valence-electron chi connectivity index (χ0n) is 28.7. The average Bonchev–Trinajstić information content (AvgIpc) is 3.09. The number of anilines is 1. The highest BCUT2D eigenvalue weighted by molar-refractivity contribution is 5.74. The van der Waals surface area contributed by atoms with Crippen LogP contribution in [0.25, 0.3) is 23.3 Å². The third-order valence-electron chi connectivity index (χ3n) is 8.90. The summed E-state index contributed by atoms with van der Waals surface area (Å²) in [5.74, 6) is 0. The van der Waals surface area contributed by atoms with Gasteiger partial charge in [0.05, 0.1) is 9.85 Å². The molecule has 7 nitrogen and oxygen atoms in total. The van der Waals surface area contributed by atoms with Gasteiger partial charge in [0, 0.05) is 30.9 Å². The van der Waals surface area contributed by atoms with Crippen molar-refractivity contribution in [2.24, 2.45) is 0 Å². The number of unbranched alkanes of at least 4 members (excludes halogenated alkanes) is 14. The lowest BCUT2D eigenvalue weighted by Gasteiger charge is -2.25. The van der Waals surface area contributed by atoms with E-state index in [9.17, 15) is 20.2 Å². The lowest BCUT2D eigenvalue weighted by Crippen LogP contribution is -2.25. The van der Waals surface area contributed by atoms with Crippen LogP contribution in [0.4, 0.5) is 17.1 Å². The minimum absolute atomic E-state index is 0.507. The van der Waals surface area contributed by atoms with Crippen LogP contribution >= 0.6 is 0 Å². The molecule has 3 aromatic carbocycles. The van der Waals surface area contributed by atoms with Crippen molar-refractivity contribution in [1.29, 1.82) is 0 Å². The number of rotatable bonds is 24. The van der Waals surface area contributed by atoms with Crippen LogP contribution in [-0.2, 0) is 0 Å². The van der Waals surface area contributed by atoms with E-state index in [1.54, 1.807) is 6.08 Å². The molecule has 0 N–H and O–H groups in total. The fraction of sp³-hybridized carbons (Fsp3) is 0.500. The number of nitro groups is 2. The quantitative estimate of drug-likeness (QED) is 0.0420. The lowest BCUT2D eigenvalue weighted by atomic mass is 10.0. The largest absolute Gasteiger partial charge is 0.372 e. The Morgan fingerprint density at radius 1 is 0.511 bits per heavy atom. The number of benzene rings is 3. The Morgan fingerprint density at radius 3 is 1.38 bits per heavy atom. The van der Waals surface area contributed by atoms with Crippen molar-refractivity contribution in [2.45, 2.75) is 117 Å². The second kappa shape index (κ2) is 21.7. The third kappa shape index (κ3) is 13.7. The second-order valence-electron chi connectivity index (χ2n) is 12.7. The van der Waals surface area contributed by atoms with Crippen LogP contribution in [0.3, 0.4) is 0 Å². The number of nitro benzene ring substituents is 2. The molecule has 0 atom stereocenters. The maximum absolute atomic E-state index is 11.3. The fourth-order valence-corrected chi connectivity index (χ4v) is 6.03. The summed E-state index contributed by atoms with van der Waals surface area (Å²) >= 11 is 0. The third-order valence-corrected chi connectivity index (χ3v) is 8.90. The van der Waals surface area contributed by atoms with Gasteiger partial charge >= 0.3 is 11.4 Å². The van der Waals surface area contributed by atoms with E-state index in [4.69, 9.17) is 0 Å². The van der Waals surface area contributed by atoms with Crippen molar-refractivity contribution in [3.63, 3.8) is 0 Å². The van der Waals surface area contributed by atoms with Gasteiger partial charge < -0.3 is 4.90 Å². The first kappa shape index (κ1) is 37.5. The van der Waals surface area contributed by atoms with Gasteiger partial charge in [-0.2, -0.15) is 0 Å². The highest BCUT2D eigenvalue weighted by Crippen LogP contribution is 2.29. The van der Waals surface area contributed by atoms with E-state index in [1.807, 2.05) is 18.2 Å². The molecule has 0 aliphatic heterocycles. The van der Waals surface area contributed by atoms with Crippen LogP contribution in [0, 0.1) is 20.2 Å². The SMILES string of the molecule is CCCCCCCCCCN(CCCCCCCCCC)c1ccc(-c2ccc(C=Cc3ccc([N+](=O)[O-])c([N+](=O)[O-])c3)cc2)cc1. The predicted octanol–water partition coefficient (Wildman–Crippen LogP) is 12.4. The molecule has 0 unspecified atom stereocenters. The molecule has 0 saturated heterocycles. The molecule has 0 saturated carbocycles. The first-order chi connectivity index (χ1) is 22.9. The minimum Gasteiger partial charge on any atom is -0.372 e. The van der Waals surface area contributed by atoms with Gasteiger partial charge in [-0.3, -0.25) is 20.2 Å². The van der Waals surface area contributed by atoms with Crippen molar-refractivity contribution >= 4 is 29.2 Å². The Labute approximate surface area is 282 Å². The molecule has 0 radical (unpaired) electrons. The monoisotopic (exact) mass is 641 g/mol. The highest BCUT2D eigenvalue weighted by atomic mass is 16.6. The van der Waals surface area contributed by atoms with Crippen LogP contribution in [0.1, 0.15) is 128 Å². The summed E-state index contributed by atoms with van der Waals surface area (Å²) in [7, 11) is 0. The molecule has 0 aromatic heterocycles. The van der Waals surface area contributed by atoms with E-state index in [-0.39, 0.29) is 0 Å². The standard InChI is InChI=1S/C40H55N3O4/c1-3-5-7-9-11-13-15-17-31-41(32-18-16-14-12-10-8-6-4-2)38-28-26-37(27-29-38)36-24-21-34(22-25-36)19-20-35-23-30-39(42(44)45)40(33-35)43(46)47/h19-30,33H,3-18,31-32H2,1-2H3. The molecule has 0 aliphatic rings. The summed E-state index contributed by atoms with van der Waals surface area (Å²) in [5, 5.41) is 22.4. The van der Waals surface area contributed by atoms with Crippen LogP contribution in [-0.4, -0.2) is 22.9 Å². The van der Waals surface area contributed by atoms with Crippen LogP contribution < -0.4 is 4.90 Å². The molecule has 0 heterocycles. The Balaban J connectivity index is 1.58. The zero-order chi connectivity index (χ0) is 33.7. The van der Waals surface area contributed by atoms with Crippen molar-refractivity contribution in [2.75, 3.05) is 18.0 Å². The summed E-state index contributed by atoms with van der Waals surface area (Å²) in [6.45, 7) is 6.78. The van der Waals surface area contributed by atoms with Gasteiger partial charge in [-0.25, -0.2) is 0 Å². The Bertz CT molecular complexity index is 1350. The maximum atomic E-state index is 11.3. The molecular weight excluding hydrogens is 586 g/mol. The molecule has 0 amide bonds. The maximum Gasteiger partial charge on any atom is 0.346 e. The van der Waals surface area contributed by atoms with Gasteiger partial charge in [0.1, 0.15) is 0 Å². The second-order valence-corrected chi connectivity index (χ2v) is 12.7. The van der Waals surface area contributed by atoms with E-state index >= 15 is 0 Å². The lowest BCUT2D eigenvalue weighted by molar-refractivity contribution is -0.422. The fourth-order valence-electron chi connectivity index (χ4n) is 6.03. The number of hydrogen-bond acceptors (Lipinski definition) is 5. The van der Waals surface area contributed by atoms with E-state index < -0.39 is 21.2 Å². The van der Waals surface area contributed by atoms with Crippen LogP contribution in [0.5, 0.6) is 0 Å². The van der Waals surface area contributed by atoms with E-state index in [0.717, 1.165) is 29.8 Å². The van der Waals surface area contributed by atoms with Gasteiger partial charge in [-0.15, -0.1) is 0 Å². The number of hydrogen-bond donors (Lipinski definition) is 0. The first-order valence-electron chi connectivity index (χ1n) is 18.0. The smallest absolute Gasteiger partial charge is 0.346 e. The Hall–Kier alpha value is -4.00. The van der Waals surface area contributed by atoms with Gasteiger partial charge in [-0.05, 0) is 53.3 Å². The molecule has 0 bridgehead atoms. The summed E-state index contributed by atoms with van der Waals surface area (Å²) in [6.07, 6.45) is 24.9. The van der Waals surface area contributed by atoms with Crippen LogP contribution in [0.15, 0.2) is 66.7 Å². The van der Waals surface area contributed by atoms with E-state index in [2.05, 4.69) is 55.1 Å². The Kier molecular flexibility index (Phi) is 17.3. The zero-order valence-corrected chi connectivity index (χ0v) is 28.7. The molecule has 254 valence electrons. The van der Waals surface area contributed by atoms with Gasteiger partial charge in [0.2, 0.25) is 0 Å². The van der Waals surface area contributed by atoms with Gasteiger partial charge in [-0.1, -0.05) is 152 Å². The van der Waals surface area contributed by atoms with Gasteiger partial charge in [0.15, 0.2) is 0 Å². The van der Waals surface area contributed by atoms with Crippen molar-refractivity contribution < 1.29 is 9.85 Å². The summed E-state index contributed by atoms with van der Waals surface area (Å²) in [5.41, 5.74) is 4.04. The highest BCUT2D eigenvalue weighted by Gasteiger charge is 2.23. The molecule has 3 rings (SSSR count). The summed E-state index contributed by atoms with van der Waals surface area (Å²) in [6, 6.07) is 21.1. The minimum atomic E-state index is -0.733.